The van der Waals surface area contributed by atoms with Gasteiger partial charge in [-0.1, -0.05) is 0 Å². The normalized spacial score (nSPS) is 34.2. The van der Waals surface area contributed by atoms with E-state index in [1.54, 1.807) is 0 Å². The molecule has 0 aromatic rings. The van der Waals surface area contributed by atoms with E-state index in [9.17, 15) is 39.0 Å². The molecular formula is C15H16O10. The standard InChI is InChI=1S/C15H16O10/c1-24-10(18)6-3-14(12(20)21)5-15(8(6)16,13(22)23)4-7(9(14)17)11(19)25-2/h6-7H,3-5H2,1-2H3,(H,20,21)(H,22,23)/t6-,7-,14-,15+/m0/s1. The van der Waals surface area contributed by atoms with Crippen LogP contribution in [0.15, 0.2) is 0 Å². The lowest BCUT2D eigenvalue weighted by Crippen LogP contribution is -2.65. The number of esters is 2. The second-order valence-electron chi connectivity index (χ2n) is 6.24. The van der Waals surface area contributed by atoms with Crippen molar-refractivity contribution < 1.29 is 48.5 Å². The number of ether oxygens (including phenoxy) is 2. The van der Waals surface area contributed by atoms with E-state index in [-0.39, 0.29) is 0 Å². The van der Waals surface area contributed by atoms with Gasteiger partial charge in [-0.2, -0.15) is 0 Å². The van der Waals surface area contributed by atoms with Gasteiger partial charge in [-0.25, -0.2) is 0 Å². The molecule has 0 aromatic heterocycles. The molecule has 2 rings (SSSR count). The number of carboxylic acid groups (broad SMARTS) is 2. The number of Topliss-reactive ketones (excluding diaryl/α,β-unsaturated/α-hetero) is 2. The minimum absolute atomic E-state index is 0.755. The highest BCUT2D eigenvalue weighted by Gasteiger charge is 2.71. The summed E-state index contributed by atoms with van der Waals surface area (Å²) in [7, 11) is 1.92. The summed E-state index contributed by atoms with van der Waals surface area (Å²) >= 11 is 0. The Morgan fingerprint density at radius 1 is 0.840 bits per heavy atom. The van der Waals surface area contributed by atoms with Crippen LogP contribution in [0.25, 0.3) is 0 Å². The van der Waals surface area contributed by atoms with Crippen LogP contribution >= 0.6 is 0 Å². The zero-order valence-corrected chi connectivity index (χ0v) is 13.4. The summed E-state index contributed by atoms with van der Waals surface area (Å²) in [5.41, 5.74) is -4.72. The third kappa shape index (κ3) is 2.39. The average molecular weight is 356 g/mol. The lowest BCUT2D eigenvalue weighted by Gasteiger charge is -2.49. The molecule has 2 aliphatic rings. The van der Waals surface area contributed by atoms with Crippen molar-refractivity contribution in [1.29, 1.82) is 0 Å². The fraction of sp³-hybridized carbons (Fsp3) is 0.600. The van der Waals surface area contributed by atoms with E-state index in [0.717, 1.165) is 14.2 Å². The largest absolute Gasteiger partial charge is 0.480 e. The van der Waals surface area contributed by atoms with E-state index in [1.807, 2.05) is 0 Å². The zero-order valence-electron chi connectivity index (χ0n) is 13.4. The van der Waals surface area contributed by atoms with E-state index in [2.05, 4.69) is 9.47 Å². The van der Waals surface area contributed by atoms with Crippen molar-refractivity contribution in [1.82, 2.24) is 0 Å². The topological polar surface area (TPSA) is 161 Å². The highest BCUT2D eigenvalue weighted by Crippen LogP contribution is 2.56. The number of rotatable bonds is 4. The molecule has 0 aliphatic heterocycles. The van der Waals surface area contributed by atoms with Gasteiger partial charge in [-0.05, 0) is 19.3 Å². The molecule has 10 heteroatoms. The van der Waals surface area contributed by atoms with Crippen LogP contribution in [0, 0.1) is 22.7 Å². The number of fused-ring (bicyclic) bond motifs is 2. The van der Waals surface area contributed by atoms with Crippen molar-refractivity contribution in [2.24, 2.45) is 22.7 Å². The fourth-order valence-electron chi connectivity index (χ4n) is 3.79. The van der Waals surface area contributed by atoms with Crippen molar-refractivity contribution in [3.05, 3.63) is 0 Å². The highest BCUT2D eigenvalue weighted by atomic mass is 16.5. The van der Waals surface area contributed by atoms with Gasteiger partial charge in [0.05, 0.1) is 14.2 Å². The van der Waals surface area contributed by atoms with E-state index in [0.29, 0.717) is 0 Å². The molecule has 2 bridgehead atoms. The third-order valence-electron chi connectivity index (χ3n) is 5.08. The summed E-state index contributed by atoms with van der Waals surface area (Å²) in [4.78, 5) is 72.9. The SMILES string of the molecule is COC(=O)[C@H]1C[C@]2(C(=O)O)C[C@](C(=O)O)(C[C@H](C(=O)OC)C2=O)C1=O. The molecule has 2 fully saturated rings. The minimum atomic E-state index is -2.36. The van der Waals surface area contributed by atoms with Crippen LogP contribution in [0.2, 0.25) is 0 Å². The van der Waals surface area contributed by atoms with Crippen LogP contribution in [-0.2, 0) is 38.2 Å². The molecule has 25 heavy (non-hydrogen) atoms. The predicted molar refractivity (Wildman–Crippen MR) is 75.0 cm³/mol. The van der Waals surface area contributed by atoms with Crippen LogP contribution in [0.4, 0.5) is 0 Å². The number of carbonyl (C=O) groups is 6. The Labute approximate surface area is 141 Å². The Balaban J connectivity index is 2.71. The van der Waals surface area contributed by atoms with Crippen LogP contribution in [-0.4, -0.2) is 59.9 Å². The maximum Gasteiger partial charge on any atom is 0.317 e. The van der Waals surface area contributed by atoms with Crippen molar-refractivity contribution >= 4 is 35.4 Å². The van der Waals surface area contributed by atoms with Gasteiger partial charge < -0.3 is 19.7 Å². The van der Waals surface area contributed by atoms with Gasteiger partial charge in [0.15, 0.2) is 11.6 Å². The van der Waals surface area contributed by atoms with Gasteiger partial charge in [-0.3, -0.25) is 28.8 Å². The Morgan fingerprint density at radius 3 is 1.40 bits per heavy atom. The molecule has 0 heterocycles. The summed E-state index contributed by atoms with van der Waals surface area (Å²) < 4.78 is 8.91. The Bertz CT molecular complexity index is 636. The molecule has 2 saturated carbocycles. The lowest BCUT2D eigenvalue weighted by atomic mass is 9.48. The first-order chi connectivity index (χ1) is 11.6. The van der Waals surface area contributed by atoms with Gasteiger partial charge in [0, 0.05) is 0 Å². The average Bonchev–Trinajstić information content (AvgIpc) is 2.58. The maximum absolute atomic E-state index is 12.7. The smallest absolute Gasteiger partial charge is 0.317 e. The second kappa shape index (κ2) is 5.94. The van der Waals surface area contributed by atoms with Gasteiger partial charge >= 0.3 is 23.9 Å². The van der Waals surface area contributed by atoms with Crippen molar-refractivity contribution in [3.63, 3.8) is 0 Å². The Hall–Kier alpha value is -2.78. The van der Waals surface area contributed by atoms with Gasteiger partial charge in [0.2, 0.25) is 0 Å². The number of methoxy groups -OCH3 is 2. The first kappa shape index (κ1) is 18.6. The predicted octanol–water partition coefficient (Wildman–Crippen LogP) is -0.957. The van der Waals surface area contributed by atoms with E-state index in [4.69, 9.17) is 0 Å². The van der Waals surface area contributed by atoms with Gasteiger partial charge in [-0.15, -0.1) is 0 Å². The second-order valence-corrected chi connectivity index (χ2v) is 6.24. The molecule has 10 nitrogen and oxygen atoms in total. The summed E-state index contributed by atoms with van der Waals surface area (Å²) in [6.07, 6.45) is -2.33. The summed E-state index contributed by atoms with van der Waals surface area (Å²) in [6.45, 7) is 0. The summed E-state index contributed by atoms with van der Waals surface area (Å²) in [5.74, 6) is -11.2. The number of carbonyl (C=O) groups excluding carboxylic acids is 4. The summed E-state index contributed by atoms with van der Waals surface area (Å²) in [5, 5.41) is 19.2. The molecule has 0 radical (unpaired) electrons. The maximum atomic E-state index is 12.7. The number of carboxylic acids is 2. The quantitative estimate of drug-likeness (QED) is 0.474. The van der Waals surface area contributed by atoms with Crippen LogP contribution < -0.4 is 0 Å². The van der Waals surface area contributed by atoms with Gasteiger partial charge in [0.1, 0.15) is 22.7 Å². The fourth-order valence-corrected chi connectivity index (χ4v) is 3.79. The molecule has 2 N–H and O–H groups in total. The first-order valence-electron chi connectivity index (χ1n) is 7.28. The highest BCUT2D eigenvalue weighted by molar-refractivity contribution is 6.20. The Kier molecular flexibility index (Phi) is 4.41. The Morgan fingerprint density at radius 2 is 1.16 bits per heavy atom. The van der Waals surface area contributed by atoms with Crippen molar-refractivity contribution in [3.8, 4) is 0 Å². The molecule has 0 amide bonds. The minimum Gasteiger partial charge on any atom is -0.480 e. The van der Waals surface area contributed by atoms with Crippen LogP contribution in [0.1, 0.15) is 19.3 Å². The number of hydrogen-bond donors (Lipinski definition) is 2. The molecule has 0 aromatic carbocycles. The number of hydrogen-bond acceptors (Lipinski definition) is 8. The van der Waals surface area contributed by atoms with Crippen LogP contribution in [0.3, 0.4) is 0 Å². The summed E-state index contributed by atoms with van der Waals surface area (Å²) in [6, 6.07) is 0. The molecule has 4 atom stereocenters. The first-order valence-corrected chi connectivity index (χ1v) is 7.28. The van der Waals surface area contributed by atoms with Gasteiger partial charge in [0.25, 0.3) is 0 Å². The van der Waals surface area contributed by atoms with E-state index in [1.165, 1.54) is 0 Å². The zero-order chi connectivity index (χ0) is 19.2. The molecular weight excluding hydrogens is 340 g/mol. The van der Waals surface area contributed by atoms with E-state index < -0.39 is 77.4 Å². The monoisotopic (exact) mass is 356 g/mol. The van der Waals surface area contributed by atoms with Crippen molar-refractivity contribution in [2.75, 3.05) is 14.2 Å². The molecule has 0 saturated heterocycles. The molecule has 2 aliphatic carbocycles. The van der Waals surface area contributed by atoms with Crippen molar-refractivity contribution in [2.45, 2.75) is 19.3 Å². The number of aliphatic carboxylic acids is 2. The molecule has 0 spiro atoms. The van der Waals surface area contributed by atoms with Crippen LogP contribution in [0.5, 0.6) is 0 Å². The lowest BCUT2D eigenvalue weighted by molar-refractivity contribution is -0.186. The molecule has 0 unspecified atom stereocenters. The number of ketones is 2. The molecule has 136 valence electrons. The third-order valence-corrected chi connectivity index (χ3v) is 5.08. The van der Waals surface area contributed by atoms with E-state index >= 15 is 0 Å².